The quantitative estimate of drug-likeness (QED) is 0.760. The summed E-state index contributed by atoms with van der Waals surface area (Å²) >= 11 is 0. The van der Waals surface area contributed by atoms with Gasteiger partial charge in [-0.15, -0.1) is 0 Å². The van der Waals surface area contributed by atoms with Gasteiger partial charge in [0.1, 0.15) is 36.2 Å². The summed E-state index contributed by atoms with van der Waals surface area (Å²) < 4.78 is 21.6. The Labute approximate surface area is 130 Å². The molecule has 5 nitrogen and oxygen atoms in total. The van der Waals surface area contributed by atoms with Crippen LogP contribution < -0.4 is 24.7 Å². The second-order valence-electron chi connectivity index (χ2n) is 4.55. The first-order valence-corrected chi connectivity index (χ1v) is 7.03. The largest absolute Gasteiger partial charge is 0.497 e. The van der Waals surface area contributed by atoms with Gasteiger partial charge in [0.2, 0.25) is 0 Å². The number of benzene rings is 2. The molecule has 0 atom stereocenters. The van der Waals surface area contributed by atoms with Crippen LogP contribution in [0.5, 0.6) is 23.0 Å². The van der Waals surface area contributed by atoms with Crippen molar-refractivity contribution in [2.24, 2.45) is 5.73 Å². The van der Waals surface area contributed by atoms with Gasteiger partial charge in [0.05, 0.1) is 14.2 Å². The predicted molar refractivity (Wildman–Crippen MR) is 84.9 cm³/mol. The number of rotatable bonds is 8. The summed E-state index contributed by atoms with van der Waals surface area (Å²) in [6, 6.07) is 13.0. The van der Waals surface area contributed by atoms with E-state index in [4.69, 9.17) is 24.7 Å². The molecule has 2 aromatic carbocycles. The van der Waals surface area contributed by atoms with Crippen LogP contribution >= 0.6 is 0 Å². The Balaban J connectivity index is 1.85. The maximum Gasteiger partial charge on any atom is 0.127 e. The summed E-state index contributed by atoms with van der Waals surface area (Å²) in [5.74, 6) is 3.03. The minimum atomic E-state index is 0.415. The molecule has 22 heavy (non-hydrogen) atoms. The SMILES string of the molecule is COc1ccc(OCCOc2cc(OC)ccc2CN)cc1. The van der Waals surface area contributed by atoms with Crippen LogP contribution in [-0.4, -0.2) is 27.4 Å². The zero-order chi connectivity index (χ0) is 15.8. The molecule has 0 aliphatic heterocycles. The first-order chi connectivity index (χ1) is 10.8. The topological polar surface area (TPSA) is 62.9 Å². The van der Waals surface area contributed by atoms with Gasteiger partial charge in [-0.3, -0.25) is 0 Å². The van der Waals surface area contributed by atoms with Gasteiger partial charge in [0.15, 0.2) is 0 Å². The molecule has 2 aromatic rings. The maximum absolute atomic E-state index is 5.73. The van der Waals surface area contributed by atoms with Crippen LogP contribution in [0.1, 0.15) is 5.56 Å². The zero-order valence-electron chi connectivity index (χ0n) is 12.9. The van der Waals surface area contributed by atoms with Gasteiger partial charge in [0, 0.05) is 18.2 Å². The van der Waals surface area contributed by atoms with E-state index in [0.29, 0.717) is 19.8 Å². The van der Waals surface area contributed by atoms with Gasteiger partial charge in [-0.25, -0.2) is 0 Å². The van der Waals surface area contributed by atoms with Crippen molar-refractivity contribution in [2.45, 2.75) is 6.54 Å². The lowest BCUT2D eigenvalue weighted by atomic mass is 10.2. The van der Waals surface area contributed by atoms with Crippen LogP contribution in [0.15, 0.2) is 42.5 Å². The molecule has 0 spiro atoms. The molecule has 0 aliphatic carbocycles. The Bertz CT molecular complexity index is 584. The Morgan fingerprint density at radius 1 is 0.773 bits per heavy atom. The summed E-state index contributed by atoms with van der Waals surface area (Å²) in [4.78, 5) is 0. The van der Waals surface area contributed by atoms with E-state index in [1.165, 1.54) is 0 Å². The van der Waals surface area contributed by atoms with Crippen LogP contribution in [0, 0.1) is 0 Å². The summed E-state index contributed by atoms with van der Waals surface area (Å²) in [5, 5.41) is 0. The molecule has 118 valence electrons. The molecule has 0 bridgehead atoms. The van der Waals surface area contributed by atoms with Crippen molar-refractivity contribution in [3.05, 3.63) is 48.0 Å². The van der Waals surface area contributed by atoms with E-state index in [1.807, 2.05) is 42.5 Å². The summed E-state index contributed by atoms with van der Waals surface area (Å²) in [6.07, 6.45) is 0. The van der Waals surface area contributed by atoms with Crippen molar-refractivity contribution >= 4 is 0 Å². The second kappa shape index (κ2) is 8.14. The molecular formula is C17H21NO4. The monoisotopic (exact) mass is 303 g/mol. The highest BCUT2D eigenvalue weighted by Gasteiger charge is 2.05. The van der Waals surface area contributed by atoms with Crippen molar-refractivity contribution in [3.8, 4) is 23.0 Å². The lowest BCUT2D eigenvalue weighted by molar-refractivity contribution is 0.215. The number of nitrogens with two attached hydrogens (primary N) is 1. The highest BCUT2D eigenvalue weighted by Crippen LogP contribution is 2.24. The molecule has 2 rings (SSSR count). The van der Waals surface area contributed by atoms with Crippen LogP contribution in [0.3, 0.4) is 0 Å². The summed E-state index contributed by atoms with van der Waals surface area (Å²) in [5.41, 5.74) is 6.64. The molecule has 0 saturated carbocycles. The van der Waals surface area contributed by atoms with Crippen molar-refractivity contribution < 1.29 is 18.9 Å². The minimum Gasteiger partial charge on any atom is -0.497 e. The first-order valence-electron chi connectivity index (χ1n) is 7.03. The Hall–Kier alpha value is -2.40. The van der Waals surface area contributed by atoms with E-state index in [1.54, 1.807) is 14.2 Å². The molecule has 0 fully saturated rings. The Kier molecular flexibility index (Phi) is 5.91. The standard InChI is InChI=1S/C17H21NO4/c1-19-14-5-7-15(8-6-14)21-9-10-22-17-11-16(20-2)4-3-13(17)12-18/h3-8,11H,9-10,12,18H2,1-2H3. The molecule has 0 saturated heterocycles. The minimum absolute atomic E-state index is 0.415. The fourth-order valence-electron chi connectivity index (χ4n) is 1.95. The van der Waals surface area contributed by atoms with Gasteiger partial charge in [0.25, 0.3) is 0 Å². The van der Waals surface area contributed by atoms with E-state index in [-0.39, 0.29) is 0 Å². The molecular weight excluding hydrogens is 282 g/mol. The van der Waals surface area contributed by atoms with Crippen LogP contribution in [0.2, 0.25) is 0 Å². The lowest BCUT2D eigenvalue weighted by Gasteiger charge is -2.12. The zero-order valence-corrected chi connectivity index (χ0v) is 12.9. The number of ether oxygens (including phenoxy) is 4. The maximum atomic E-state index is 5.73. The van der Waals surface area contributed by atoms with E-state index < -0.39 is 0 Å². The van der Waals surface area contributed by atoms with Crippen molar-refractivity contribution in [1.82, 2.24) is 0 Å². The fraction of sp³-hybridized carbons (Fsp3) is 0.294. The van der Waals surface area contributed by atoms with Crippen LogP contribution in [0.25, 0.3) is 0 Å². The average molecular weight is 303 g/mol. The van der Waals surface area contributed by atoms with E-state index in [9.17, 15) is 0 Å². The van der Waals surface area contributed by atoms with Crippen molar-refractivity contribution in [1.29, 1.82) is 0 Å². The molecule has 0 radical (unpaired) electrons. The normalized spacial score (nSPS) is 10.1. The van der Waals surface area contributed by atoms with Crippen LogP contribution in [0.4, 0.5) is 0 Å². The van der Waals surface area contributed by atoms with Crippen molar-refractivity contribution in [2.75, 3.05) is 27.4 Å². The smallest absolute Gasteiger partial charge is 0.127 e. The van der Waals surface area contributed by atoms with Crippen LogP contribution in [-0.2, 0) is 6.54 Å². The molecule has 5 heteroatoms. The third-order valence-electron chi connectivity index (χ3n) is 3.16. The number of hydrogen-bond donors (Lipinski definition) is 1. The third-order valence-corrected chi connectivity index (χ3v) is 3.16. The second-order valence-corrected chi connectivity index (χ2v) is 4.55. The third kappa shape index (κ3) is 4.30. The van der Waals surface area contributed by atoms with Gasteiger partial charge in [-0.2, -0.15) is 0 Å². The highest BCUT2D eigenvalue weighted by molar-refractivity contribution is 5.40. The van der Waals surface area contributed by atoms with Crippen molar-refractivity contribution in [3.63, 3.8) is 0 Å². The van der Waals surface area contributed by atoms with E-state index in [0.717, 1.165) is 28.6 Å². The molecule has 0 aliphatic rings. The number of methoxy groups -OCH3 is 2. The van der Waals surface area contributed by atoms with Gasteiger partial charge in [-0.05, 0) is 30.3 Å². The summed E-state index contributed by atoms with van der Waals surface area (Å²) in [7, 11) is 3.25. The van der Waals surface area contributed by atoms with Gasteiger partial charge >= 0.3 is 0 Å². The molecule has 0 unspecified atom stereocenters. The Morgan fingerprint density at radius 3 is 2.00 bits per heavy atom. The molecule has 0 heterocycles. The molecule has 0 aromatic heterocycles. The van der Waals surface area contributed by atoms with Gasteiger partial charge < -0.3 is 24.7 Å². The first kappa shape index (κ1) is 16.0. The van der Waals surface area contributed by atoms with E-state index in [2.05, 4.69) is 0 Å². The number of hydrogen-bond acceptors (Lipinski definition) is 5. The molecule has 0 amide bonds. The Morgan fingerprint density at radius 2 is 1.36 bits per heavy atom. The van der Waals surface area contributed by atoms with E-state index >= 15 is 0 Å². The molecule has 2 N–H and O–H groups in total. The predicted octanol–water partition coefficient (Wildman–Crippen LogP) is 2.62. The fourth-order valence-corrected chi connectivity index (χ4v) is 1.95. The highest BCUT2D eigenvalue weighted by atomic mass is 16.5. The lowest BCUT2D eigenvalue weighted by Crippen LogP contribution is -2.11. The van der Waals surface area contributed by atoms with Gasteiger partial charge in [-0.1, -0.05) is 6.07 Å². The average Bonchev–Trinajstić information content (AvgIpc) is 2.59. The summed E-state index contributed by atoms with van der Waals surface area (Å²) in [6.45, 7) is 1.28.